The minimum atomic E-state index is -0.155. The summed E-state index contributed by atoms with van der Waals surface area (Å²) in [6, 6.07) is 7.56. The van der Waals surface area contributed by atoms with Crippen molar-refractivity contribution in [3.05, 3.63) is 29.8 Å². The number of rotatable bonds is 5. The fraction of sp³-hybridized carbons (Fsp3) is 0.588. The summed E-state index contributed by atoms with van der Waals surface area (Å²) in [5.74, 6) is -0.0759. The summed E-state index contributed by atoms with van der Waals surface area (Å²) < 4.78 is 0. The highest BCUT2D eigenvalue weighted by atomic mass is 16.1. The van der Waals surface area contributed by atoms with Crippen LogP contribution >= 0.6 is 0 Å². The molecule has 1 saturated heterocycles. The van der Waals surface area contributed by atoms with E-state index in [9.17, 15) is 4.79 Å². The van der Waals surface area contributed by atoms with E-state index in [-0.39, 0.29) is 11.8 Å². The third-order valence-electron chi connectivity index (χ3n) is 4.23. The number of likely N-dealkylation sites (tertiary alicyclic amines) is 1. The van der Waals surface area contributed by atoms with Crippen molar-refractivity contribution in [2.45, 2.75) is 38.5 Å². The summed E-state index contributed by atoms with van der Waals surface area (Å²) in [6.45, 7) is 5.94. The summed E-state index contributed by atoms with van der Waals surface area (Å²) in [5, 5.41) is 3.05. The SMILES string of the molecule is CC(C(=O)NCCN1CCCCCC1)c1cccc(N)c1. The highest BCUT2D eigenvalue weighted by Crippen LogP contribution is 2.17. The second-order valence-electron chi connectivity index (χ2n) is 5.94. The quantitative estimate of drug-likeness (QED) is 0.818. The van der Waals surface area contributed by atoms with Crippen molar-refractivity contribution in [1.29, 1.82) is 0 Å². The summed E-state index contributed by atoms with van der Waals surface area (Å²) in [4.78, 5) is 14.7. The van der Waals surface area contributed by atoms with Crippen LogP contribution in [0, 0.1) is 0 Å². The molecule has 0 aliphatic carbocycles. The van der Waals surface area contributed by atoms with Crippen molar-refractivity contribution in [3.8, 4) is 0 Å². The Labute approximate surface area is 127 Å². The van der Waals surface area contributed by atoms with Gasteiger partial charge >= 0.3 is 0 Å². The predicted molar refractivity (Wildman–Crippen MR) is 87.2 cm³/mol. The number of carbonyl (C=O) groups is 1. The molecule has 1 fully saturated rings. The molecule has 0 bridgehead atoms. The molecule has 3 N–H and O–H groups in total. The molecule has 0 radical (unpaired) electrons. The molecule has 1 amide bonds. The van der Waals surface area contributed by atoms with Crippen molar-refractivity contribution in [1.82, 2.24) is 10.2 Å². The Morgan fingerprint density at radius 2 is 2.00 bits per heavy atom. The van der Waals surface area contributed by atoms with Gasteiger partial charge in [0.25, 0.3) is 0 Å². The van der Waals surface area contributed by atoms with E-state index in [4.69, 9.17) is 5.73 Å². The lowest BCUT2D eigenvalue weighted by Crippen LogP contribution is -2.37. The van der Waals surface area contributed by atoms with Crippen molar-refractivity contribution in [2.24, 2.45) is 0 Å². The number of anilines is 1. The van der Waals surface area contributed by atoms with Gasteiger partial charge < -0.3 is 16.0 Å². The monoisotopic (exact) mass is 289 g/mol. The van der Waals surface area contributed by atoms with Crippen LogP contribution in [-0.4, -0.2) is 37.0 Å². The summed E-state index contributed by atoms with van der Waals surface area (Å²) >= 11 is 0. The van der Waals surface area contributed by atoms with Crippen molar-refractivity contribution in [3.63, 3.8) is 0 Å². The molecule has 0 aromatic heterocycles. The molecule has 1 aromatic carbocycles. The number of benzene rings is 1. The third-order valence-corrected chi connectivity index (χ3v) is 4.23. The van der Waals surface area contributed by atoms with Crippen LogP contribution in [0.3, 0.4) is 0 Å². The molecule has 2 rings (SSSR count). The van der Waals surface area contributed by atoms with Gasteiger partial charge in [-0.15, -0.1) is 0 Å². The maximum Gasteiger partial charge on any atom is 0.227 e. The molecule has 4 nitrogen and oxygen atoms in total. The van der Waals surface area contributed by atoms with Gasteiger partial charge in [0.1, 0.15) is 0 Å². The number of nitrogens with zero attached hydrogens (tertiary/aromatic N) is 1. The molecule has 1 atom stereocenters. The zero-order valence-corrected chi connectivity index (χ0v) is 13.0. The number of hydrogen-bond acceptors (Lipinski definition) is 3. The zero-order valence-electron chi connectivity index (χ0n) is 13.0. The van der Waals surface area contributed by atoms with E-state index in [1.165, 1.54) is 38.8 Å². The minimum absolute atomic E-state index is 0.0791. The Bertz CT molecular complexity index is 453. The summed E-state index contributed by atoms with van der Waals surface area (Å²) in [7, 11) is 0. The Morgan fingerprint density at radius 1 is 1.29 bits per heavy atom. The summed E-state index contributed by atoms with van der Waals surface area (Å²) in [6.07, 6.45) is 5.26. The average molecular weight is 289 g/mol. The molecule has 1 aromatic rings. The van der Waals surface area contributed by atoms with Crippen LogP contribution in [0.5, 0.6) is 0 Å². The highest BCUT2D eigenvalue weighted by molar-refractivity contribution is 5.83. The highest BCUT2D eigenvalue weighted by Gasteiger charge is 2.15. The van der Waals surface area contributed by atoms with Crippen LogP contribution in [0.4, 0.5) is 5.69 Å². The van der Waals surface area contributed by atoms with Crippen molar-refractivity contribution < 1.29 is 4.79 Å². The molecule has 1 unspecified atom stereocenters. The normalized spacial score (nSPS) is 18.0. The standard InChI is InChI=1S/C17H27N3O/c1-14(15-7-6-8-16(18)13-15)17(21)19-9-12-20-10-4-2-3-5-11-20/h6-8,13-14H,2-5,9-12,18H2,1H3,(H,19,21). The van der Waals surface area contributed by atoms with Crippen LogP contribution in [0.1, 0.15) is 44.1 Å². The first-order valence-electron chi connectivity index (χ1n) is 8.02. The van der Waals surface area contributed by atoms with E-state index >= 15 is 0 Å². The van der Waals surface area contributed by atoms with Gasteiger partial charge in [-0.1, -0.05) is 25.0 Å². The van der Waals surface area contributed by atoms with Crippen LogP contribution in [0.25, 0.3) is 0 Å². The van der Waals surface area contributed by atoms with Gasteiger partial charge in [-0.05, 0) is 50.6 Å². The van der Waals surface area contributed by atoms with E-state index in [1.54, 1.807) is 0 Å². The number of hydrogen-bond donors (Lipinski definition) is 2. The lowest BCUT2D eigenvalue weighted by atomic mass is 10.00. The maximum atomic E-state index is 12.2. The Balaban J connectivity index is 1.76. The molecule has 0 spiro atoms. The van der Waals surface area contributed by atoms with Gasteiger partial charge in [-0.25, -0.2) is 0 Å². The number of nitrogens with one attached hydrogen (secondary N) is 1. The van der Waals surface area contributed by atoms with Crippen LogP contribution in [0.2, 0.25) is 0 Å². The molecule has 4 heteroatoms. The van der Waals surface area contributed by atoms with E-state index in [2.05, 4.69) is 10.2 Å². The van der Waals surface area contributed by atoms with Gasteiger partial charge in [0.05, 0.1) is 5.92 Å². The molecule has 1 aliphatic rings. The van der Waals surface area contributed by atoms with E-state index in [0.717, 1.165) is 18.7 Å². The molecule has 1 heterocycles. The minimum Gasteiger partial charge on any atom is -0.399 e. The van der Waals surface area contributed by atoms with Gasteiger partial charge in [0, 0.05) is 18.8 Å². The first-order chi connectivity index (χ1) is 10.2. The van der Waals surface area contributed by atoms with E-state index < -0.39 is 0 Å². The Morgan fingerprint density at radius 3 is 2.67 bits per heavy atom. The third kappa shape index (κ3) is 5.05. The lowest BCUT2D eigenvalue weighted by Gasteiger charge is -2.20. The first kappa shape index (κ1) is 15.8. The van der Waals surface area contributed by atoms with Gasteiger partial charge in [-0.2, -0.15) is 0 Å². The largest absolute Gasteiger partial charge is 0.399 e. The molecule has 116 valence electrons. The zero-order chi connectivity index (χ0) is 15.1. The molecule has 0 saturated carbocycles. The fourth-order valence-electron chi connectivity index (χ4n) is 2.83. The smallest absolute Gasteiger partial charge is 0.227 e. The van der Waals surface area contributed by atoms with Crippen LogP contribution in [-0.2, 0) is 4.79 Å². The van der Waals surface area contributed by atoms with E-state index in [0.29, 0.717) is 5.69 Å². The maximum absolute atomic E-state index is 12.2. The second-order valence-corrected chi connectivity index (χ2v) is 5.94. The second kappa shape index (κ2) is 8.03. The van der Waals surface area contributed by atoms with Crippen LogP contribution < -0.4 is 11.1 Å². The lowest BCUT2D eigenvalue weighted by molar-refractivity contribution is -0.122. The van der Waals surface area contributed by atoms with Gasteiger partial charge in [0.15, 0.2) is 0 Å². The van der Waals surface area contributed by atoms with Crippen molar-refractivity contribution >= 4 is 11.6 Å². The number of carbonyl (C=O) groups excluding carboxylic acids is 1. The van der Waals surface area contributed by atoms with Gasteiger partial charge in [0.2, 0.25) is 5.91 Å². The van der Waals surface area contributed by atoms with Crippen LogP contribution in [0.15, 0.2) is 24.3 Å². The average Bonchev–Trinajstić information content (AvgIpc) is 2.75. The van der Waals surface area contributed by atoms with E-state index in [1.807, 2.05) is 31.2 Å². The summed E-state index contributed by atoms with van der Waals surface area (Å²) in [5.41, 5.74) is 7.45. The topological polar surface area (TPSA) is 58.4 Å². The number of amides is 1. The first-order valence-corrected chi connectivity index (χ1v) is 8.02. The number of nitrogens with two attached hydrogens (primary N) is 1. The Hall–Kier alpha value is -1.55. The van der Waals surface area contributed by atoms with Crippen molar-refractivity contribution in [2.75, 3.05) is 31.9 Å². The molecular formula is C17H27N3O. The fourth-order valence-corrected chi connectivity index (χ4v) is 2.83. The predicted octanol–water partition coefficient (Wildman–Crippen LogP) is 2.36. The van der Waals surface area contributed by atoms with Gasteiger partial charge in [-0.3, -0.25) is 4.79 Å². The molecule has 21 heavy (non-hydrogen) atoms. The molecular weight excluding hydrogens is 262 g/mol. The molecule has 1 aliphatic heterocycles. The number of nitrogen functional groups attached to an aromatic ring is 1. The Kier molecular flexibility index (Phi) is 6.05.